The van der Waals surface area contributed by atoms with Gasteiger partial charge in [-0.05, 0) is 38.1 Å². The average molecular weight is 288 g/mol. The lowest BCUT2D eigenvalue weighted by Crippen LogP contribution is -2.26. The summed E-state index contributed by atoms with van der Waals surface area (Å²) in [5, 5.41) is 0. The van der Waals surface area contributed by atoms with Crippen LogP contribution in [0.5, 0.6) is 11.5 Å². The van der Waals surface area contributed by atoms with Crippen molar-refractivity contribution in [2.24, 2.45) is 5.92 Å². The summed E-state index contributed by atoms with van der Waals surface area (Å²) in [6.07, 6.45) is 1.23. The van der Waals surface area contributed by atoms with E-state index in [2.05, 4.69) is 25.8 Å². The lowest BCUT2D eigenvalue weighted by atomic mass is 10.1. The van der Waals surface area contributed by atoms with E-state index in [1.54, 1.807) is 7.11 Å². The number of likely N-dealkylation sites (N-methyl/N-ethyl adjacent to an activating group) is 1. The van der Waals surface area contributed by atoms with Crippen molar-refractivity contribution in [3.63, 3.8) is 0 Å². The van der Waals surface area contributed by atoms with Gasteiger partial charge in [-0.1, -0.05) is 26.0 Å². The molecule has 0 fully saturated rings. The number of rotatable bonds is 8. The van der Waals surface area contributed by atoms with Crippen LogP contribution in [0.25, 0.3) is 0 Å². The fraction of sp³-hybridized carbons (Fsp3) is 0.600. The first-order valence-corrected chi connectivity index (χ1v) is 6.58. The predicted octanol–water partition coefficient (Wildman–Crippen LogP) is 3.47. The predicted molar refractivity (Wildman–Crippen MR) is 82.7 cm³/mol. The van der Waals surface area contributed by atoms with Crippen LogP contribution in [-0.2, 0) is 0 Å². The molecule has 0 radical (unpaired) electrons. The summed E-state index contributed by atoms with van der Waals surface area (Å²) in [5.74, 6) is 2.36. The summed E-state index contributed by atoms with van der Waals surface area (Å²) >= 11 is 0. The molecule has 0 saturated carbocycles. The first-order chi connectivity index (χ1) is 8.63. The molecule has 0 spiro atoms. The van der Waals surface area contributed by atoms with Crippen molar-refractivity contribution in [1.82, 2.24) is 4.90 Å². The van der Waals surface area contributed by atoms with Gasteiger partial charge >= 0.3 is 0 Å². The normalized spacial score (nSPS) is 10.4. The molecule has 110 valence electrons. The van der Waals surface area contributed by atoms with Gasteiger partial charge in [-0.2, -0.15) is 0 Å². The van der Waals surface area contributed by atoms with Crippen molar-refractivity contribution in [3.05, 3.63) is 24.3 Å². The number of benzene rings is 1. The minimum atomic E-state index is 0. The Balaban J connectivity index is 0.00000324. The molecular weight excluding hydrogens is 262 g/mol. The van der Waals surface area contributed by atoms with Crippen LogP contribution >= 0.6 is 12.4 Å². The van der Waals surface area contributed by atoms with E-state index in [1.165, 1.54) is 6.42 Å². The standard InChI is InChI=1S/C15H25NO2.ClH/c1-13(2)9-10-16(3)11-12-18-15-8-6-5-7-14(15)17-4;/h5-8,13H,9-12H2,1-4H3;1H. The zero-order chi connectivity index (χ0) is 13.4. The molecule has 0 bridgehead atoms. The lowest BCUT2D eigenvalue weighted by molar-refractivity contribution is 0.224. The third-order valence-electron chi connectivity index (χ3n) is 2.89. The van der Waals surface area contributed by atoms with Crippen LogP contribution in [-0.4, -0.2) is 38.8 Å². The Labute approximate surface area is 123 Å². The van der Waals surface area contributed by atoms with Crippen molar-refractivity contribution < 1.29 is 9.47 Å². The number of nitrogens with zero attached hydrogens (tertiary/aromatic N) is 1. The molecule has 0 amide bonds. The number of ether oxygens (including phenoxy) is 2. The fourth-order valence-electron chi connectivity index (χ4n) is 1.64. The Bertz CT molecular complexity index is 345. The summed E-state index contributed by atoms with van der Waals surface area (Å²) in [6, 6.07) is 7.76. The molecule has 3 nitrogen and oxygen atoms in total. The monoisotopic (exact) mass is 287 g/mol. The van der Waals surface area contributed by atoms with Gasteiger partial charge < -0.3 is 14.4 Å². The van der Waals surface area contributed by atoms with Gasteiger partial charge in [0.2, 0.25) is 0 Å². The van der Waals surface area contributed by atoms with E-state index in [0.717, 1.165) is 30.5 Å². The summed E-state index contributed by atoms with van der Waals surface area (Å²) in [4.78, 5) is 2.30. The molecule has 1 aromatic carbocycles. The molecule has 19 heavy (non-hydrogen) atoms. The topological polar surface area (TPSA) is 21.7 Å². The van der Waals surface area contributed by atoms with Crippen LogP contribution < -0.4 is 9.47 Å². The van der Waals surface area contributed by atoms with Crippen LogP contribution in [0.15, 0.2) is 24.3 Å². The average Bonchev–Trinajstić information content (AvgIpc) is 2.37. The third-order valence-corrected chi connectivity index (χ3v) is 2.89. The van der Waals surface area contributed by atoms with Crippen molar-refractivity contribution in [2.45, 2.75) is 20.3 Å². The van der Waals surface area contributed by atoms with Gasteiger partial charge in [0, 0.05) is 6.54 Å². The van der Waals surface area contributed by atoms with E-state index >= 15 is 0 Å². The lowest BCUT2D eigenvalue weighted by Gasteiger charge is -2.18. The molecule has 0 aliphatic heterocycles. The van der Waals surface area contributed by atoms with Crippen LogP contribution in [0.2, 0.25) is 0 Å². The number of halogens is 1. The van der Waals surface area contributed by atoms with Crippen LogP contribution in [0.1, 0.15) is 20.3 Å². The highest BCUT2D eigenvalue weighted by molar-refractivity contribution is 5.85. The zero-order valence-corrected chi connectivity index (χ0v) is 13.2. The maximum absolute atomic E-state index is 5.74. The van der Waals surface area contributed by atoms with Gasteiger partial charge in [-0.15, -0.1) is 12.4 Å². The molecule has 4 heteroatoms. The van der Waals surface area contributed by atoms with Crippen molar-refractivity contribution >= 4 is 12.4 Å². The van der Waals surface area contributed by atoms with Gasteiger partial charge in [0.25, 0.3) is 0 Å². The summed E-state index contributed by atoms with van der Waals surface area (Å²) in [5.41, 5.74) is 0. The molecule has 0 heterocycles. The Morgan fingerprint density at radius 1 is 1.11 bits per heavy atom. The second-order valence-electron chi connectivity index (χ2n) is 4.99. The molecule has 1 rings (SSSR count). The largest absolute Gasteiger partial charge is 0.493 e. The van der Waals surface area contributed by atoms with Crippen molar-refractivity contribution in [3.8, 4) is 11.5 Å². The number of hydrogen-bond donors (Lipinski definition) is 0. The van der Waals surface area contributed by atoms with E-state index in [4.69, 9.17) is 9.47 Å². The minimum absolute atomic E-state index is 0. The van der Waals surface area contributed by atoms with Gasteiger partial charge in [0.15, 0.2) is 11.5 Å². The maximum atomic E-state index is 5.74. The number of para-hydroxylation sites is 2. The Kier molecular flexibility index (Phi) is 9.44. The summed E-state index contributed by atoms with van der Waals surface area (Å²) in [7, 11) is 3.80. The van der Waals surface area contributed by atoms with Gasteiger partial charge in [0.1, 0.15) is 6.61 Å². The van der Waals surface area contributed by atoms with Gasteiger partial charge in [-0.25, -0.2) is 0 Å². The first-order valence-electron chi connectivity index (χ1n) is 6.58. The van der Waals surface area contributed by atoms with Crippen molar-refractivity contribution in [2.75, 3.05) is 33.9 Å². The number of hydrogen-bond acceptors (Lipinski definition) is 3. The highest BCUT2D eigenvalue weighted by atomic mass is 35.5. The molecule has 0 N–H and O–H groups in total. The molecular formula is C15H26ClNO2. The van der Waals surface area contributed by atoms with Crippen LogP contribution in [0.3, 0.4) is 0 Å². The first kappa shape index (κ1) is 18.1. The fourth-order valence-corrected chi connectivity index (χ4v) is 1.64. The molecule has 1 aromatic rings. The summed E-state index contributed by atoms with van der Waals surface area (Å²) < 4.78 is 11.0. The van der Waals surface area contributed by atoms with Crippen LogP contribution in [0.4, 0.5) is 0 Å². The van der Waals surface area contributed by atoms with Crippen LogP contribution in [0, 0.1) is 5.92 Å². The molecule has 0 unspecified atom stereocenters. The maximum Gasteiger partial charge on any atom is 0.161 e. The Hall–Kier alpha value is -0.930. The van der Waals surface area contributed by atoms with Gasteiger partial charge in [-0.3, -0.25) is 0 Å². The van der Waals surface area contributed by atoms with E-state index < -0.39 is 0 Å². The minimum Gasteiger partial charge on any atom is -0.493 e. The summed E-state index contributed by atoms with van der Waals surface area (Å²) in [6.45, 7) is 7.24. The van der Waals surface area contributed by atoms with E-state index in [9.17, 15) is 0 Å². The molecule has 0 aliphatic rings. The zero-order valence-electron chi connectivity index (χ0n) is 12.4. The SMILES string of the molecule is COc1ccccc1OCCN(C)CCC(C)C.Cl. The Morgan fingerprint density at radius 3 is 2.32 bits per heavy atom. The highest BCUT2D eigenvalue weighted by Gasteiger charge is 2.04. The third kappa shape index (κ3) is 7.28. The highest BCUT2D eigenvalue weighted by Crippen LogP contribution is 2.25. The second-order valence-corrected chi connectivity index (χ2v) is 4.99. The van der Waals surface area contributed by atoms with Gasteiger partial charge in [0.05, 0.1) is 7.11 Å². The van der Waals surface area contributed by atoms with Crippen molar-refractivity contribution in [1.29, 1.82) is 0 Å². The second kappa shape index (κ2) is 9.93. The molecule has 0 aliphatic carbocycles. The Morgan fingerprint density at radius 2 is 1.74 bits per heavy atom. The quantitative estimate of drug-likeness (QED) is 0.731. The van der Waals surface area contributed by atoms with E-state index in [0.29, 0.717) is 6.61 Å². The molecule has 0 atom stereocenters. The van der Waals surface area contributed by atoms with E-state index in [1.807, 2.05) is 24.3 Å². The molecule has 0 saturated heterocycles. The number of methoxy groups -OCH3 is 1. The molecule has 0 aromatic heterocycles. The smallest absolute Gasteiger partial charge is 0.161 e. The van der Waals surface area contributed by atoms with E-state index in [-0.39, 0.29) is 12.4 Å².